The van der Waals surface area contributed by atoms with E-state index in [4.69, 9.17) is 21.4 Å². The van der Waals surface area contributed by atoms with E-state index in [1.54, 1.807) is 36.5 Å². The molecular formula is C19H15ClN4O2S. The molecule has 2 aromatic heterocycles. The Labute approximate surface area is 165 Å². The molecule has 0 bridgehead atoms. The smallest absolute Gasteiger partial charge is 0.258 e. The second-order valence-electron chi connectivity index (χ2n) is 5.71. The molecule has 0 spiro atoms. The zero-order valence-corrected chi connectivity index (χ0v) is 16.2. The minimum Gasteiger partial charge on any atom is -0.361 e. The maximum absolute atomic E-state index is 12.7. The number of nitrogens with one attached hydrogen (secondary N) is 1. The molecule has 3 aromatic rings. The first-order chi connectivity index (χ1) is 13.0. The minimum atomic E-state index is -0.301. The highest BCUT2D eigenvalue weighted by Gasteiger charge is 2.16. The Morgan fingerprint density at radius 1 is 1.37 bits per heavy atom. The average molecular weight is 399 g/mol. The summed E-state index contributed by atoms with van der Waals surface area (Å²) in [5.74, 6) is 1.06. The largest absolute Gasteiger partial charge is 0.361 e. The van der Waals surface area contributed by atoms with Gasteiger partial charge in [-0.3, -0.25) is 4.79 Å². The number of nitrogens with zero attached hydrogens (tertiary/aromatic N) is 3. The molecule has 8 heteroatoms. The summed E-state index contributed by atoms with van der Waals surface area (Å²) in [4.78, 5) is 17.0. The zero-order chi connectivity index (χ0) is 19.4. The number of aromatic nitrogens is 2. The summed E-state index contributed by atoms with van der Waals surface area (Å²) in [5.41, 5.74) is 3.14. The van der Waals surface area contributed by atoms with Gasteiger partial charge in [-0.25, -0.2) is 4.98 Å². The first kappa shape index (κ1) is 19.0. The summed E-state index contributed by atoms with van der Waals surface area (Å²) < 4.78 is 5.17. The molecule has 2 heterocycles. The van der Waals surface area contributed by atoms with Crippen LogP contribution in [0.1, 0.15) is 32.9 Å². The third kappa shape index (κ3) is 4.30. The van der Waals surface area contributed by atoms with Crippen molar-refractivity contribution in [3.05, 3.63) is 69.7 Å². The number of hydrogen-bond donors (Lipinski definition) is 1. The van der Waals surface area contributed by atoms with Gasteiger partial charge in [0.25, 0.3) is 5.91 Å². The number of hydrogen-bond acceptors (Lipinski definition) is 6. The van der Waals surface area contributed by atoms with E-state index >= 15 is 0 Å². The number of carbonyl (C=O) groups is 1. The highest BCUT2D eigenvalue weighted by molar-refractivity contribution is 7.98. The lowest BCUT2D eigenvalue weighted by Gasteiger charge is -2.09. The standard InChI is InChI=1S/C19H15ClN4O2S/c1-11-16(12(2)26-24-11)10-27-19-15(4-3-7-22-19)18(25)23-14-6-5-13(9-21)17(20)8-14/h3-8H,10H2,1-2H3,(H,23,25). The Balaban J connectivity index is 1.78. The molecule has 0 radical (unpaired) electrons. The van der Waals surface area contributed by atoms with Crippen LogP contribution in [0.3, 0.4) is 0 Å². The summed E-state index contributed by atoms with van der Waals surface area (Å²) in [6.07, 6.45) is 1.64. The van der Waals surface area contributed by atoms with Gasteiger partial charge in [-0.2, -0.15) is 5.26 Å². The van der Waals surface area contributed by atoms with Crippen LogP contribution in [0.4, 0.5) is 5.69 Å². The van der Waals surface area contributed by atoms with Crippen molar-refractivity contribution in [1.29, 1.82) is 5.26 Å². The fourth-order valence-electron chi connectivity index (χ4n) is 2.41. The van der Waals surface area contributed by atoms with Gasteiger partial charge in [0.15, 0.2) is 0 Å². The molecule has 1 aromatic carbocycles. The molecule has 0 saturated heterocycles. The Morgan fingerprint density at radius 2 is 2.19 bits per heavy atom. The fourth-order valence-corrected chi connectivity index (χ4v) is 3.78. The molecule has 6 nitrogen and oxygen atoms in total. The predicted octanol–water partition coefficient (Wildman–Crippen LogP) is 4.76. The molecule has 0 fully saturated rings. The van der Waals surface area contributed by atoms with Crippen molar-refractivity contribution in [2.75, 3.05) is 5.32 Å². The van der Waals surface area contributed by atoms with E-state index in [0.717, 1.165) is 17.0 Å². The van der Waals surface area contributed by atoms with Crippen LogP contribution in [-0.4, -0.2) is 16.0 Å². The lowest BCUT2D eigenvalue weighted by Crippen LogP contribution is -2.13. The number of thioether (sulfide) groups is 1. The Hall–Kier alpha value is -2.82. The third-order valence-corrected chi connectivity index (χ3v) is 5.24. The van der Waals surface area contributed by atoms with Gasteiger partial charge in [-0.1, -0.05) is 16.8 Å². The Morgan fingerprint density at radius 3 is 2.85 bits per heavy atom. The molecule has 0 atom stereocenters. The molecule has 0 aliphatic heterocycles. The fraction of sp³-hybridized carbons (Fsp3) is 0.158. The van der Waals surface area contributed by atoms with Gasteiger partial charge in [0.1, 0.15) is 16.9 Å². The molecule has 0 unspecified atom stereocenters. The SMILES string of the molecule is Cc1noc(C)c1CSc1ncccc1C(=O)Nc1ccc(C#N)c(Cl)c1. The lowest BCUT2D eigenvalue weighted by atomic mass is 10.2. The lowest BCUT2D eigenvalue weighted by molar-refractivity contribution is 0.102. The van der Waals surface area contributed by atoms with Crippen LogP contribution in [-0.2, 0) is 5.75 Å². The van der Waals surface area contributed by atoms with Crippen LogP contribution in [0.25, 0.3) is 0 Å². The van der Waals surface area contributed by atoms with E-state index < -0.39 is 0 Å². The molecule has 0 aliphatic carbocycles. The number of anilines is 1. The van der Waals surface area contributed by atoms with Crippen molar-refractivity contribution in [3.8, 4) is 6.07 Å². The molecule has 3 rings (SSSR count). The van der Waals surface area contributed by atoms with Crippen molar-refractivity contribution >= 4 is 35.0 Å². The maximum Gasteiger partial charge on any atom is 0.258 e. The molecule has 0 saturated carbocycles. The van der Waals surface area contributed by atoms with Crippen molar-refractivity contribution in [2.45, 2.75) is 24.6 Å². The van der Waals surface area contributed by atoms with Crippen LogP contribution < -0.4 is 5.32 Å². The van der Waals surface area contributed by atoms with Crippen molar-refractivity contribution in [1.82, 2.24) is 10.1 Å². The van der Waals surface area contributed by atoms with Crippen molar-refractivity contribution in [3.63, 3.8) is 0 Å². The molecule has 136 valence electrons. The highest BCUT2D eigenvalue weighted by Crippen LogP contribution is 2.28. The summed E-state index contributed by atoms with van der Waals surface area (Å²) in [7, 11) is 0. The van der Waals surface area contributed by atoms with E-state index in [-0.39, 0.29) is 10.9 Å². The number of pyridine rings is 1. The van der Waals surface area contributed by atoms with Gasteiger partial charge in [-0.05, 0) is 44.2 Å². The van der Waals surface area contributed by atoms with E-state index in [0.29, 0.717) is 27.6 Å². The second kappa shape index (κ2) is 8.25. The molecule has 0 aliphatic rings. The van der Waals surface area contributed by atoms with E-state index in [9.17, 15) is 4.79 Å². The van der Waals surface area contributed by atoms with Gasteiger partial charge in [0.05, 0.1) is 21.8 Å². The molecular weight excluding hydrogens is 384 g/mol. The summed E-state index contributed by atoms with van der Waals surface area (Å²) in [6.45, 7) is 3.74. The van der Waals surface area contributed by atoms with Gasteiger partial charge < -0.3 is 9.84 Å². The first-order valence-electron chi connectivity index (χ1n) is 8.00. The number of aryl methyl sites for hydroxylation is 2. The molecule has 1 amide bonds. The maximum atomic E-state index is 12.7. The zero-order valence-electron chi connectivity index (χ0n) is 14.6. The summed E-state index contributed by atoms with van der Waals surface area (Å²) >= 11 is 7.46. The van der Waals surface area contributed by atoms with Gasteiger partial charge >= 0.3 is 0 Å². The van der Waals surface area contributed by atoms with Gasteiger partial charge in [0.2, 0.25) is 0 Å². The monoisotopic (exact) mass is 398 g/mol. The highest BCUT2D eigenvalue weighted by atomic mass is 35.5. The van der Waals surface area contributed by atoms with E-state index in [2.05, 4.69) is 15.5 Å². The number of carbonyl (C=O) groups excluding carboxylic acids is 1. The van der Waals surface area contributed by atoms with Crippen LogP contribution in [0.15, 0.2) is 46.1 Å². The Kier molecular flexibility index (Phi) is 5.79. The normalized spacial score (nSPS) is 10.4. The number of amides is 1. The number of rotatable bonds is 5. The summed E-state index contributed by atoms with van der Waals surface area (Å²) in [5, 5.41) is 16.6. The van der Waals surface area contributed by atoms with Crippen LogP contribution in [0.5, 0.6) is 0 Å². The summed E-state index contributed by atoms with van der Waals surface area (Å²) in [6, 6.07) is 10.2. The third-order valence-electron chi connectivity index (χ3n) is 3.90. The topological polar surface area (TPSA) is 91.8 Å². The van der Waals surface area contributed by atoms with Crippen LogP contribution >= 0.6 is 23.4 Å². The first-order valence-corrected chi connectivity index (χ1v) is 9.36. The number of halogens is 1. The van der Waals surface area contributed by atoms with E-state index in [1.165, 1.54) is 11.8 Å². The number of nitriles is 1. The van der Waals surface area contributed by atoms with Gasteiger partial charge in [-0.15, -0.1) is 11.8 Å². The Bertz CT molecular complexity index is 1020. The van der Waals surface area contributed by atoms with Crippen molar-refractivity contribution in [2.24, 2.45) is 0 Å². The quantitative estimate of drug-likeness (QED) is 0.623. The van der Waals surface area contributed by atoms with Gasteiger partial charge in [0, 0.05) is 23.2 Å². The minimum absolute atomic E-state index is 0.287. The molecule has 27 heavy (non-hydrogen) atoms. The van der Waals surface area contributed by atoms with Crippen LogP contribution in [0.2, 0.25) is 5.02 Å². The van der Waals surface area contributed by atoms with Crippen LogP contribution in [0, 0.1) is 25.2 Å². The molecule has 1 N–H and O–H groups in total. The predicted molar refractivity (Wildman–Crippen MR) is 104 cm³/mol. The number of benzene rings is 1. The van der Waals surface area contributed by atoms with Crippen molar-refractivity contribution < 1.29 is 9.32 Å². The average Bonchev–Trinajstić information content (AvgIpc) is 2.98. The van der Waals surface area contributed by atoms with E-state index in [1.807, 2.05) is 19.9 Å². The second-order valence-corrected chi connectivity index (χ2v) is 7.08.